The first-order chi connectivity index (χ1) is 17.0. The van der Waals surface area contributed by atoms with E-state index in [-0.39, 0.29) is 5.78 Å². The molecule has 0 spiro atoms. The summed E-state index contributed by atoms with van der Waals surface area (Å²) < 4.78 is 0. The van der Waals surface area contributed by atoms with E-state index in [0.717, 1.165) is 65.3 Å². The molecule has 5 nitrogen and oxygen atoms in total. The van der Waals surface area contributed by atoms with Gasteiger partial charge in [0.05, 0.1) is 28.2 Å². The van der Waals surface area contributed by atoms with Gasteiger partial charge in [0.1, 0.15) is 14.1 Å². The fourth-order valence-electron chi connectivity index (χ4n) is 5.62. The Morgan fingerprint density at radius 3 is 2.56 bits per heavy atom. The molecular weight excluding hydrogens is 460 g/mol. The van der Waals surface area contributed by atoms with E-state index in [9.17, 15) is 10.1 Å². The number of nitriles is 1. The molecule has 1 saturated heterocycles. The summed E-state index contributed by atoms with van der Waals surface area (Å²) in [7, 11) is 0.522. The van der Waals surface area contributed by atoms with Crippen molar-refractivity contribution in [1.29, 1.82) is 5.26 Å². The molecule has 0 aromatic heterocycles. The fourth-order valence-corrected chi connectivity index (χ4v) is 6.14. The zero-order valence-corrected chi connectivity index (χ0v) is 23.2. The van der Waals surface area contributed by atoms with Gasteiger partial charge in [0.15, 0.2) is 5.78 Å². The van der Waals surface area contributed by atoms with Crippen LogP contribution in [0.3, 0.4) is 0 Å². The number of hydrogen-bond acceptors (Lipinski definition) is 5. The first-order valence-electron chi connectivity index (χ1n) is 12.9. The van der Waals surface area contributed by atoms with Crippen LogP contribution in [0.25, 0.3) is 0 Å². The number of rotatable bonds is 2. The van der Waals surface area contributed by atoms with E-state index in [0.29, 0.717) is 23.6 Å². The van der Waals surface area contributed by atoms with Crippen molar-refractivity contribution in [3.63, 3.8) is 0 Å². The summed E-state index contributed by atoms with van der Waals surface area (Å²) in [5.74, 6) is 3.33. The summed E-state index contributed by atoms with van der Waals surface area (Å²) in [6.45, 7) is 12.8. The van der Waals surface area contributed by atoms with Crippen molar-refractivity contribution in [3.05, 3.63) is 63.4 Å². The lowest BCUT2D eigenvalue weighted by atomic mass is 9.67. The van der Waals surface area contributed by atoms with Gasteiger partial charge in [-0.1, -0.05) is 45.5 Å². The molecule has 36 heavy (non-hydrogen) atoms. The zero-order chi connectivity index (χ0) is 25.8. The van der Waals surface area contributed by atoms with E-state index in [2.05, 4.69) is 73.4 Å². The number of nitrogens with zero attached hydrogens (tertiary/aromatic N) is 3. The van der Waals surface area contributed by atoms with Gasteiger partial charge in [-0.05, 0) is 55.7 Å². The first-order valence-corrected chi connectivity index (χ1v) is 16.4. The Morgan fingerprint density at radius 2 is 1.92 bits per heavy atom. The van der Waals surface area contributed by atoms with Gasteiger partial charge in [-0.2, -0.15) is 5.26 Å². The second kappa shape index (κ2) is 8.73. The molecule has 0 radical (unpaired) electrons. The molecule has 5 rings (SSSR count). The molecule has 2 heterocycles. The summed E-state index contributed by atoms with van der Waals surface area (Å²) in [6, 6.07) is 6.80. The van der Waals surface area contributed by atoms with Gasteiger partial charge in [-0.25, -0.2) is 0 Å². The number of allylic oxidation sites excluding steroid dienone is 5. The predicted molar refractivity (Wildman–Crippen MR) is 149 cm³/mol. The summed E-state index contributed by atoms with van der Waals surface area (Å²) in [5.41, 5.74) is 10.5. The Balaban J connectivity index is 1.57. The minimum Gasteiger partial charge on any atom is -0.370 e. The Hall–Kier alpha value is -3.19. The number of benzene rings is 1. The van der Waals surface area contributed by atoms with Crippen molar-refractivity contribution in [2.75, 3.05) is 25.0 Å². The van der Waals surface area contributed by atoms with Crippen LogP contribution in [0.1, 0.15) is 54.6 Å². The summed E-state index contributed by atoms with van der Waals surface area (Å²) in [6.07, 6.45) is 6.88. The molecule has 1 fully saturated rings. The van der Waals surface area contributed by atoms with Crippen LogP contribution in [-0.2, 0) is 5.41 Å². The van der Waals surface area contributed by atoms with Crippen LogP contribution in [0, 0.1) is 22.8 Å². The van der Waals surface area contributed by atoms with Gasteiger partial charge in [0, 0.05) is 35.7 Å². The van der Waals surface area contributed by atoms with Gasteiger partial charge in [-0.3, -0.25) is 9.79 Å². The Labute approximate surface area is 215 Å². The van der Waals surface area contributed by atoms with E-state index in [1.165, 1.54) is 0 Å². The summed E-state index contributed by atoms with van der Waals surface area (Å²) in [5, 5.41) is 13.4. The molecule has 2 aliphatic heterocycles. The van der Waals surface area contributed by atoms with Gasteiger partial charge in [0.2, 0.25) is 0 Å². The van der Waals surface area contributed by atoms with Gasteiger partial charge in [0.25, 0.3) is 0 Å². The molecule has 2 aliphatic carbocycles. The van der Waals surface area contributed by atoms with E-state index >= 15 is 0 Å². The molecule has 0 bridgehead atoms. The van der Waals surface area contributed by atoms with Crippen molar-refractivity contribution in [2.24, 2.45) is 4.99 Å². The number of fused-ring (bicyclic) bond motifs is 3. The standard InChI is InChI=1S/C30H34N4OSi/c1-30(2)24-17-26(34-12-9-21(32-3)10-13-34)20(18-31)16-23(24)28(35)27-22-8-7-19(11-14-36(4,5)6)15-25(22)33-29(27)30/h7,15-17,21,32H,8-10,12-13H2,1-6H3. The maximum atomic E-state index is 13.9. The van der Waals surface area contributed by atoms with Gasteiger partial charge < -0.3 is 10.2 Å². The normalized spacial score (nSPS) is 20.9. The Bertz CT molecular complexity index is 1390. The molecule has 1 aromatic rings. The number of aliphatic imine (C=N–C) groups is 1. The van der Waals surface area contributed by atoms with E-state index in [1.54, 1.807) is 0 Å². The number of carbonyl (C=O) groups is 1. The predicted octanol–water partition coefficient (Wildman–Crippen LogP) is 5.07. The van der Waals surface area contributed by atoms with Crippen LogP contribution in [0.15, 0.2) is 51.7 Å². The van der Waals surface area contributed by atoms with Crippen LogP contribution in [-0.4, -0.2) is 45.7 Å². The van der Waals surface area contributed by atoms with Crippen LogP contribution in [0.5, 0.6) is 0 Å². The molecule has 0 atom stereocenters. The maximum Gasteiger partial charge on any atom is 0.195 e. The first kappa shape index (κ1) is 24.5. The number of piperidine rings is 1. The minimum absolute atomic E-state index is 0.0107. The second-order valence-electron chi connectivity index (χ2n) is 11.7. The second-order valence-corrected chi connectivity index (χ2v) is 16.5. The molecule has 0 unspecified atom stereocenters. The van der Waals surface area contributed by atoms with Crippen LogP contribution in [0.4, 0.5) is 5.69 Å². The third kappa shape index (κ3) is 4.09. The molecule has 1 aromatic carbocycles. The van der Waals surface area contributed by atoms with E-state index in [1.807, 2.05) is 19.2 Å². The molecule has 1 N–H and O–H groups in total. The van der Waals surface area contributed by atoms with Crippen molar-refractivity contribution in [3.8, 4) is 17.5 Å². The smallest absolute Gasteiger partial charge is 0.195 e. The largest absolute Gasteiger partial charge is 0.370 e. The zero-order valence-electron chi connectivity index (χ0n) is 22.2. The highest BCUT2D eigenvalue weighted by molar-refractivity contribution is 6.83. The third-order valence-corrected chi connectivity index (χ3v) is 8.59. The number of nitrogens with one attached hydrogen (secondary N) is 1. The highest BCUT2D eigenvalue weighted by Crippen LogP contribution is 2.47. The molecule has 0 amide bonds. The third-order valence-electron chi connectivity index (χ3n) is 7.72. The van der Waals surface area contributed by atoms with Crippen LogP contribution in [0.2, 0.25) is 19.6 Å². The van der Waals surface area contributed by atoms with E-state index < -0.39 is 13.5 Å². The van der Waals surface area contributed by atoms with Gasteiger partial charge >= 0.3 is 0 Å². The van der Waals surface area contributed by atoms with E-state index in [4.69, 9.17) is 4.99 Å². The number of ketones is 1. The average molecular weight is 495 g/mol. The highest BCUT2D eigenvalue weighted by atomic mass is 28.3. The average Bonchev–Trinajstić information content (AvgIpc) is 3.25. The molecule has 0 saturated carbocycles. The SMILES string of the molecule is CNC1CCN(c2cc3c(cc2C#N)C(=O)C2=C4CC=C(C#C[Si](C)(C)C)C=C4N=C2C3(C)C)CC1. The maximum absolute atomic E-state index is 13.9. The lowest BCUT2D eigenvalue weighted by Crippen LogP contribution is -2.42. The lowest BCUT2D eigenvalue weighted by molar-refractivity contribution is 0.103. The fraction of sp³-hybridized carbons (Fsp3) is 0.433. The van der Waals surface area contributed by atoms with Crippen molar-refractivity contribution in [2.45, 2.75) is 64.2 Å². The highest BCUT2D eigenvalue weighted by Gasteiger charge is 2.46. The van der Waals surface area contributed by atoms with Crippen molar-refractivity contribution < 1.29 is 4.79 Å². The number of Topliss-reactive ketones (excluding diaryl/α,β-unsaturated/α-hetero) is 1. The quantitative estimate of drug-likeness (QED) is 0.461. The Kier molecular flexibility index (Phi) is 5.94. The number of carbonyl (C=O) groups excluding carboxylic acids is 1. The number of hydrogen-bond donors (Lipinski definition) is 1. The molecule has 6 heteroatoms. The topological polar surface area (TPSA) is 68.5 Å². The van der Waals surface area contributed by atoms with Crippen molar-refractivity contribution >= 4 is 25.3 Å². The molecular formula is C30H34N4OSi. The van der Waals surface area contributed by atoms with Crippen LogP contribution >= 0.6 is 0 Å². The van der Waals surface area contributed by atoms with Crippen molar-refractivity contribution in [1.82, 2.24) is 5.32 Å². The summed E-state index contributed by atoms with van der Waals surface area (Å²) >= 11 is 0. The molecule has 4 aliphatic rings. The Morgan fingerprint density at radius 1 is 1.19 bits per heavy atom. The molecule has 184 valence electrons. The van der Waals surface area contributed by atoms with Crippen LogP contribution < -0.4 is 10.2 Å². The number of anilines is 1. The van der Waals surface area contributed by atoms with Gasteiger partial charge in [-0.15, -0.1) is 5.54 Å². The monoisotopic (exact) mass is 494 g/mol. The lowest BCUT2D eigenvalue weighted by Gasteiger charge is -2.37. The summed E-state index contributed by atoms with van der Waals surface area (Å²) in [4.78, 5) is 21.2. The minimum atomic E-state index is -1.48.